The molecule has 2 N–H and O–H groups in total. The lowest BCUT2D eigenvalue weighted by Gasteiger charge is -2.35. The molecule has 56 heavy (non-hydrogen) atoms. The number of ether oxygens (including phenoxy) is 2. The van der Waals surface area contributed by atoms with Crippen molar-refractivity contribution in [2.45, 2.75) is 66.0 Å². The average molecular weight is 759 g/mol. The number of fused-ring (bicyclic) bond motifs is 3. The van der Waals surface area contributed by atoms with Gasteiger partial charge in [0, 0.05) is 49.7 Å². The lowest BCUT2D eigenvalue weighted by atomic mass is 10.0. The molecule has 15 heteroatoms. The molecule has 2 saturated heterocycles. The Hall–Kier alpha value is -5.93. The summed E-state index contributed by atoms with van der Waals surface area (Å²) in [4.78, 5) is 13.4. The van der Waals surface area contributed by atoms with Gasteiger partial charge in [-0.05, 0) is 101 Å². The van der Waals surface area contributed by atoms with Gasteiger partial charge >= 0.3 is 0 Å². The third kappa shape index (κ3) is 7.39. The van der Waals surface area contributed by atoms with Crippen LogP contribution in [0.1, 0.15) is 45.7 Å². The molecule has 0 amide bonds. The van der Waals surface area contributed by atoms with Gasteiger partial charge in [-0.3, -0.25) is 5.10 Å². The van der Waals surface area contributed by atoms with E-state index in [1.165, 1.54) is 6.07 Å². The largest absolute Gasteiger partial charge is 0.372 e. The van der Waals surface area contributed by atoms with Crippen LogP contribution >= 0.6 is 0 Å². The number of H-pyrrole nitrogens is 1. The first-order valence-electron chi connectivity index (χ1n) is 19.0. The maximum absolute atomic E-state index is 14.7. The van der Waals surface area contributed by atoms with Crippen LogP contribution in [-0.4, -0.2) is 103 Å². The second-order valence-corrected chi connectivity index (χ2v) is 14.8. The minimum atomic E-state index is -0.325. The number of aromatic nitrogens is 8. The maximum atomic E-state index is 14.7. The topological polar surface area (TPSA) is 138 Å². The fourth-order valence-electron chi connectivity index (χ4n) is 7.72. The molecule has 5 aromatic heterocycles. The lowest BCUT2D eigenvalue weighted by Crippen LogP contribution is -2.46. The SMILES string of the molecule is CN/N=C(/C)c1ccc(F)c(-c2cnc3ccc(N4C[C@@H](C)O[C@@H](C)C4)nn23)c1.Cc1cc2[nH]ncc2cc1-c1cnc2ccc(N3C[C@@H](C)O[C@@H](C)C3)nn12. The number of halogens is 1. The summed E-state index contributed by atoms with van der Waals surface area (Å²) in [7, 11) is 1.73. The molecule has 290 valence electrons. The van der Waals surface area contributed by atoms with Gasteiger partial charge in [-0.15, -0.1) is 10.2 Å². The van der Waals surface area contributed by atoms with Crippen LogP contribution in [0.25, 0.3) is 44.7 Å². The van der Waals surface area contributed by atoms with E-state index in [1.807, 2.05) is 48.1 Å². The van der Waals surface area contributed by atoms with Crippen LogP contribution in [0.3, 0.4) is 0 Å². The molecule has 0 unspecified atom stereocenters. The fraction of sp³-hybridized carbons (Fsp3) is 0.366. The molecule has 9 rings (SSSR count). The van der Waals surface area contributed by atoms with Crippen molar-refractivity contribution < 1.29 is 13.9 Å². The smallest absolute Gasteiger partial charge is 0.154 e. The van der Waals surface area contributed by atoms with Crippen LogP contribution in [0, 0.1) is 12.7 Å². The molecule has 4 atom stereocenters. The summed E-state index contributed by atoms with van der Waals surface area (Å²) >= 11 is 0. The number of aryl methyl sites for hydroxylation is 1. The Kier molecular flexibility index (Phi) is 10.1. The average Bonchev–Trinajstić information content (AvgIpc) is 3.92. The van der Waals surface area contributed by atoms with Gasteiger partial charge < -0.3 is 24.7 Å². The summed E-state index contributed by atoms with van der Waals surface area (Å²) in [6, 6.07) is 17.1. The molecule has 2 aliphatic rings. The number of hydrazone groups is 1. The Labute approximate surface area is 324 Å². The van der Waals surface area contributed by atoms with Crippen molar-refractivity contribution in [3.8, 4) is 22.5 Å². The number of hydrogen-bond acceptors (Lipinski definition) is 11. The first-order chi connectivity index (χ1) is 27.0. The van der Waals surface area contributed by atoms with E-state index in [9.17, 15) is 4.39 Å². The number of hydrogen-bond donors (Lipinski definition) is 2. The third-order valence-electron chi connectivity index (χ3n) is 10.2. The Morgan fingerprint density at radius 3 is 1.86 bits per heavy atom. The maximum Gasteiger partial charge on any atom is 0.154 e. The highest BCUT2D eigenvalue weighted by atomic mass is 19.1. The van der Waals surface area contributed by atoms with Crippen molar-refractivity contribution in [2.24, 2.45) is 5.10 Å². The minimum Gasteiger partial charge on any atom is -0.372 e. The fourth-order valence-corrected chi connectivity index (χ4v) is 7.72. The van der Waals surface area contributed by atoms with Gasteiger partial charge in [-0.1, -0.05) is 6.07 Å². The van der Waals surface area contributed by atoms with Gasteiger partial charge in [0.15, 0.2) is 11.3 Å². The number of morpholine rings is 2. The molecule has 0 bridgehead atoms. The van der Waals surface area contributed by atoms with Gasteiger partial charge in [0.05, 0.1) is 65.6 Å². The van der Waals surface area contributed by atoms with Crippen LogP contribution in [0.4, 0.5) is 16.0 Å². The molecule has 0 aliphatic carbocycles. The van der Waals surface area contributed by atoms with Crippen LogP contribution in [0.2, 0.25) is 0 Å². The van der Waals surface area contributed by atoms with E-state index in [2.05, 4.69) is 87.2 Å². The molecule has 7 heterocycles. The minimum absolute atomic E-state index is 0.127. The lowest BCUT2D eigenvalue weighted by molar-refractivity contribution is -0.00577. The summed E-state index contributed by atoms with van der Waals surface area (Å²) in [5.74, 6) is 1.45. The molecule has 2 aromatic carbocycles. The van der Waals surface area contributed by atoms with Crippen molar-refractivity contribution in [1.82, 2.24) is 44.8 Å². The van der Waals surface area contributed by atoms with E-state index < -0.39 is 0 Å². The van der Waals surface area contributed by atoms with Crippen molar-refractivity contribution in [3.63, 3.8) is 0 Å². The van der Waals surface area contributed by atoms with E-state index in [1.54, 1.807) is 29.9 Å². The zero-order chi connectivity index (χ0) is 39.1. The van der Waals surface area contributed by atoms with E-state index in [0.717, 1.165) is 82.5 Å². The van der Waals surface area contributed by atoms with Crippen LogP contribution < -0.4 is 15.2 Å². The predicted octanol–water partition coefficient (Wildman–Crippen LogP) is 6.29. The van der Waals surface area contributed by atoms with Gasteiger partial charge in [-0.2, -0.15) is 10.2 Å². The van der Waals surface area contributed by atoms with E-state index in [0.29, 0.717) is 16.9 Å². The highest BCUT2D eigenvalue weighted by Gasteiger charge is 2.25. The first-order valence-corrected chi connectivity index (χ1v) is 19.0. The summed E-state index contributed by atoms with van der Waals surface area (Å²) < 4.78 is 30.0. The molecular weight excluding hydrogens is 712 g/mol. The number of benzene rings is 2. The van der Waals surface area contributed by atoms with Crippen molar-refractivity contribution in [3.05, 3.63) is 90.1 Å². The molecule has 14 nitrogen and oxygen atoms in total. The Morgan fingerprint density at radius 2 is 1.30 bits per heavy atom. The summed E-state index contributed by atoms with van der Waals surface area (Å²) in [6.45, 7) is 15.5. The van der Waals surface area contributed by atoms with Crippen LogP contribution in [-0.2, 0) is 9.47 Å². The molecule has 2 aliphatic heterocycles. The van der Waals surface area contributed by atoms with Gasteiger partial charge in [0.1, 0.15) is 17.5 Å². The molecule has 0 saturated carbocycles. The number of imidazole rings is 2. The van der Waals surface area contributed by atoms with Gasteiger partial charge in [0.25, 0.3) is 0 Å². The molecule has 7 aromatic rings. The molecular formula is C41H47FN12O2. The van der Waals surface area contributed by atoms with Crippen LogP contribution in [0.15, 0.2) is 78.3 Å². The van der Waals surface area contributed by atoms with Crippen LogP contribution in [0.5, 0.6) is 0 Å². The van der Waals surface area contributed by atoms with Crippen molar-refractivity contribution in [1.29, 1.82) is 0 Å². The highest BCUT2D eigenvalue weighted by Crippen LogP contribution is 2.30. The Bertz CT molecular complexity index is 2520. The highest BCUT2D eigenvalue weighted by molar-refractivity contribution is 5.99. The van der Waals surface area contributed by atoms with Gasteiger partial charge in [-0.25, -0.2) is 23.4 Å². The molecule has 0 radical (unpaired) electrons. The standard InChI is InChI=1S/C21H25FN6O.C20H22N6O/c1-13-11-27(12-14(2)29-13)21-8-7-20-24-10-19(28(20)26-21)17-9-16(5-6-18(17)22)15(3)25-23-4;1-12-6-17-15(8-22-23-17)7-16(12)18-9-21-19-4-5-20(24-26(18)19)25-10-13(2)27-14(3)11-25/h5-10,13-14,23H,11-12H2,1-4H3;4-9,13-14H,10-11H2,1-3H3,(H,22,23)/b25-15-;/t2*13-,14+. The zero-order valence-corrected chi connectivity index (χ0v) is 32.7. The quantitative estimate of drug-likeness (QED) is 0.147. The number of rotatable bonds is 6. The number of nitrogens with zero attached hydrogens (tertiary/aromatic N) is 10. The molecule has 0 spiro atoms. The monoisotopic (exact) mass is 758 g/mol. The van der Waals surface area contributed by atoms with Crippen molar-refractivity contribution in [2.75, 3.05) is 43.0 Å². The molecule has 2 fully saturated rings. The van der Waals surface area contributed by atoms with Gasteiger partial charge in [0.2, 0.25) is 0 Å². The Balaban J connectivity index is 0.000000158. The summed E-state index contributed by atoms with van der Waals surface area (Å²) in [5, 5.41) is 22.1. The normalized spacial score (nSPS) is 20.5. The third-order valence-corrected chi connectivity index (χ3v) is 10.2. The number of anilines is 2. The zero-order valence-electron chi connectivity index (χ0n) is 32.7. The van der Waals surface area contributed by atoms with E-state index in [-0.39, 0.29) is 30.2 Å². The number of nitrogens with one attached hydrogen (secondary N) is 2. The van der Waals surface area contributed by atoms with Crippen molar-refractivity contribution >= 4 is 39.5 Å². The second kappa shape index (κ2) is 15.3. The Morgan fingerprint density at radius 1 is 0.750 bits per heavy atom. The first kappa shape index (κ1) is 37.0. The summed E-state index contributed by atoms with van der Waals surface area (Å²) in [6.07, 6.45) is 6.04. The van der Waals surface area contributed by atoms with E-state index >= 15 is 0 Å². The van der Waals surface area contributed by atoms with E-state index in [4.69, 9.17) is 19.7 Å². The summed E-state index contributed by atoms with van der Waals surface area (Å²) in [5.41, 5.74) is 11.2. The second-order valence-electron chi connectivity index (χ2n) is 14.8. The predicted molar refractivity (Wildman–Crippen MR) is 217 cm³/mol. The number of aromatic amines is 1.